The quantitative estimate of drug-likeness (QED) is 0.545. The lowest BCUT2D eigenvalue weighted by atomic mass is 9.46. The number of alkyl halides is 2. The van der Waals surface area contributed by atoms with Crippen LogP contribution in [0.15, 0.2) is 23.8 Å². The Morgan fingerprint density at radius 3 is 2.56 bits per heavy atom. The van der Waals surface area contributed by atoms with Gasteiger partial charge in [0, 0.05) is 22.7 Å². The van der Waals surface area contributed by atoms with Gasteiger partial charge in [-0.3, -0.25) is 9.59 Å². The van der Waals surface area contributed by atoms with Gasteiger partial charge in [-0.1, -0.05) is 19.9 Å². The zero-order valence-corrected chi connectivity index (χ0v) is 21.1. The molecule has 0 aromatic rings. The Kier molecular flexibility index (Phi) is 5.82. The van der Waals surface area contributed by atoms with E-state index in [0.717, 1.165) is 0 Å². The number of carbonyl (C=O) groups is 3. The molecule has 0 heterocycles. The van der Waals surface area contributed by atoms with Gasteiger partial charge in [-0.15, -0.1) is 0 Å². The van der Waals surface area contributed by atoms with Crippen molar-refractivity contribution in [2.75, 3.05) is 0 Å². The number of ether oxygens (including phenoxy) is 1. The van der Waals surface area contributed by atoms with Crippen LogP contribution < -0.4 is 0 Å². The molecule has 0 saturated heterocycles. The largest absolute Gasteiger partial charge is 0.479 e. The lowest BCUT2D eigenvalue weighted by Gasteiger charge is -2.60. The minimum Gasteiger partial charge on any atom is -0.479 e. The Bertz CT molecular complexity index is 1050. The predicted octanol–water partition coefficient (Wildman–Crippen LogP) is 4.50. The predicted molar refractivity (Wildman–Crippen MR) is 126 cm³/mol. The maximum absolute atomic E-state index is 17.0. The topological polar surface area (TPSA) is 101 Å². The van der Waals surface area contributed by atoms with Gasteiger partial charge in [0.25, 0.3) is 0 Å². The smallest absolute Gasteiger partial charge is 0.335 e. The summed E-state index contributed by atoms with van der Waals surface area (Å²) in [7, 11) is 0. The number of allylic oxidation sites excluding steroid dienone is 4. The van der Waals surface area contributed by atoms with Gasteiger partial charge in [0.05, 0.1) is 5.92 Å². The maximum Gasteiger partial charge on any atom is 0.335 e. The summed E-state index contributed by atoms with van der Waals surface area (Å²) in [4.78, 5) is 36.8. The first-order valence-corrected chi connectivity index (χ1v) is 13.2. The van der Waals surface area contributed by atoms with E-state index in [0.29, 0.717) is 32.1 Å². The molecule has 0 aromatic carbocycles. The van der Waals surface area contributed by atoms with Crippen LogP contribution in [0.1, 0.15) is 72.1 Å². The van der Waals surface area contributed by atoms with Crippen LogP contribution in [0.2, 0.25) is 0 Å². The fourth-order valence-corrected chi connectivity index (χ4v) is 8.58. The molecular formula is C28H36F2O6. The summed E-state index contributed by atoms with van der Waals surface area (Å²) in [6.45, 7) is 5.30. The first-order chi connectivity index (χ1) is 16.8. The molecule has 6 nitrogen and oxygen atoms in total. The zero-order valence-electron chi connectivity index (χ0n) is 21.1. The van der Waals surface area contributed by atoms with E-state index in [-0.39, 0.29) is 36.5 Å². The highest BCUT2D eigenvalue weighted by atomic mass is 19.1. The molecule has 10 atom stereocenters. The van der Waals surface area contributed by atoms with Crippen molar-refractivity contribution in [1.29, 1.82) is 0 Å². The number of rotatable bonds is 4. The van der Waals surface area contributed by atoms with Crippen molar-refractivity contribution in [1.82, 2.24) is 0 Å². The highest BCUT2D eigenvalue weighted by Gasteiger charge is 2.69. The fourth-order valence-electron chi connectivity index (χ4n) is 8.58. The minimum absolute atomic E-state index is 0.00405. The lowest BCUT2D eigenvalue weighted by molar-refractivity contribution is -0.180. The molecule has 36 heavy (non-hydrogen) atoms. The molecule has 4 fully saturated rings. The van der Waals surface area contributed by atoms with E-state index in [1.54, 1.807) is 19.9 Å². The molecule has 0 spiro atoms. The average Bonchev–Trinajstić information content (AvgIpc) is 3.37. The second kappa shape index (κ2) is 8.20. The van der Waals surface area contributed by atoms with E-state index in [4.69, 9.17) is 4.74 Å². The number of carboxylic acids is 1. The van der Waals surface area contributed by atoms with Crippen LogP contribution in [0.4, 0.5) is 8.78 Å². The maximum atomic E-state index is 17.0. The van der Waals surface area contributed by atoms with Crippen molar-refractivity contribution in [3.63, 3.8) is 0 Å². The second-order valence-electron chi connectivity index (χ2n) is 12.3. The minimum atomic E-state index is -1.94. The first kappa shape index (κ1) is 25.6. The number of carboxylic acid groups (broad SMARTS) is 1. The molecule has 198 valence electrons. The van der Waals surface area contributed by atoms with Gasteiger partial charge < -0.3 is 14.9 Å². The van der Waals surface area contributed by atoms with Crippen LogP contribution in [-0.2, 0) is 19.1 Å². The highest BCUT2D eigenvalue weighted by Crippen LogP contribution is 2.68. The van der Waals surface area contributed by atoms with E-state index in [1.807, 2.05) is 6.92 Å². The Balaban J connectivity index is 1.36. The molecule has 0 aliphatic heterocycles. The van der Waals surface area contributed by atoms with Gasteiger partial charge in [-0.2, -0.15) is 0 Å². The molecule has 8 heteroatoms. The van der Waals surface area contributed by atoms with E-state index in [1.165, 1.54) is 12.2 Å². The molecule has 3 unspecified atom stereocenters. The fraction of sp³-hybridized carbons (Fsp3) is 0.750. The number of aliphatic carboxylic acids is 1. The Labute approximate surface area is 210 Å². The van der Waals surface area contributed by atoms with Crippen LogP contribution in [0.25, 0.3) is 0 Å². The summed E-state index contributed by atoms with van der Waals surface area (Å²) in [6, 6.07) is 0. The lowest BCUT2D eigenvalue weighted by Crippen LogP contribution is -2.62. The third-order valence-corrected chi connectivity index (χ3v) is 10.9. The summed E-state index contributed by atoms with van der Waals surface area (Å²) in [5.74, 6) is -4.44. The van der Waals surface area contributed by atoms with E-state index in [9.17, 15) is 24.6 Å². The van der Waals surface area contributed by atoms with Crippen LogP contribution in [0, 0.1) is 34.5 Å². The van der Waals surface area contributed by atoms with Crippen molar-refractivity contribution in [3.05, 3.63) is 23.8 Å². The number of aliphatic hydroxyl groups is 1. The third-order valence-electron chi connectivity index (χ3n) is 10.9. The van der Waals surface area contributed by atoms with Gasteiger partial charge in [0.2, 0.25) is 0 Å². The average molecular weight is 507 g/mol. The summed E-state index contributed by atoms with van der Waals surface area (Å²) in [5, 5.41) is 20.2. The summed E-state index contributed by atoms with van der Waals surface area (Å²) < 4.78 is 38.4. The van der Waals surface area contributed by atoms with E-state index in [2.05, 4.69) is 0 Å². The molecule has 5 rings (SSSR count). The van der Waals surface area contributed by atoms with Gasteiger partial charge in [0.1, 0.15) is 17.9 Å². The number of carbonyl (C=O) groups excluding carboxylic acids is 2. The number of ketones is 1. The van der Waals surface area contributed by atoms with Gasteiger partial charge >= 0.3 is 11.9 Å². The second-order valence-corrected chi connectivity index (χ2v) is 12.3. The zero-order chi connectivity index (χ0) is 26.3. The Morgan fingerprint density at radius 1 is 1.14 bits per heavy atom. The molecule has 5 aliphatic rings. The number of hydrogen-bond acceptors (Lipinski definition) is 5. The summed E-state index contributed by atoms with van der Waals surface area (Å²) in [6.07, 6.45) is 5.10. The molecule has 0 amide bonds. The molecule has 5 aliphatic carbocycles. The molecular weight excluding hydrogens is 470 g/mol. The van der Waals surface area contributed by atoms with Crippen molar-refractivity contribution in [2.45, 2.75) is 95.7 Å². The third kappa shape index (κ3) is 3.31. The number of halogens is 2. The van der Waals surface area contributed by atoms with Crippen LogP contribution in [-0.4, -0.2) is 51.5 Å². The normalized spacial score (nSPS) is 48.4. The molecule has 2 N–H and O–H groups in total. The van der Waals surface area contributed by atoms with E-state index < -0.39 is 64.1 Å². The van der Waals surface area contributed by atoms with Gasteiger partial charge in [-0.25, -0.2) is 13.6 Å². The van der Waals surface area contributed by atoms with Crippen molar-refractivity contribution in [3.8, 4) is 0 Å². The van der Waals surface area contributed by atoms with E-state index >= 15 is 8.78 Å². The molecule has 0 aromatic heterocycles. The SMILES string of the molecule is CC(C(=O)O[C@@H]1CC[C@H]2[C@@H]3C[C@H](F)C4=CC(=O)C=C[C@]4(C)[C@@]3(F)CC[C@]12C)C1CCCC1(O)C(=O)O. The van der Waals surface area contributed by atoms with Crippen LogP contribution in [0.5, 0.6) is 0 Å². The van der Waals surface area contributed by atoms with Gasteiger partial charge in [-0.05, 0) is 81.9 Å². The number of hydrogen-bond donors (Lipinski definition) is 2. The highest BCUT2D eigenvalue weighted by molar-refractivity contribution is 6.01. The van der Waals surface area contributed by atoms with Crippen molar-refractivity contribution in [2.24, 2.45) is 34.5 Å². The van der Waals surface area contributed by atoms with Crippen LogP contribution in [0.3, 0.4) is 0 Å². The van der Waals surface area contributed by atoms with Crippen molar-refractivity contribution < 1.29 is 38.1 Å². The Hall–Kier alpha value is -2.09. The molecule has 0 radical (unpaired) electrons. The summed E-state index contributed by atoms with van der Waals surface area (Å²) in [5.41, 5.74) is -5.11. The molecule has 4 saturated carbocycles. The first-order valence-electron chi connectivity index (χ1n) is 13.2. The summed E-state index contributed by atoms with van der Waals surface area (Å²) >= 11 is 0. The van der Waals surface area contributed by atoms with Gasteiger partial charge in [0.15, 0.2) is 11.4 Å². The monoisotopic (exact) mass is 506 g/mol. The molecule has 0 bridgehead atoms. The standard InChI is InChI=1S/C28H36F2O6/c1-15(17-5-4-9-27(17,35)24(33)34)23(32)36-22-7-6-18-19-14-21(29)20-13-16(31)8-10-26(20,3)28(19,30)12-11-25(18,22)2/h8,10,13,15,17-19,21-22,35H,4-7,9,11-12,14H2,1-3H3,(H,33,34)/t15?,17?,18-,19-,21-,22+,25-,26-,27?,28+/m0/s1. The van der Waals surface area contributed by atoms with Crippen LogP contribution >= 0.6 is 0 Å². The number of fused-ring (bicyclic) bond motifs is 5. The Morgan fingerprint density at radius 2 is 1.86 bits per heavy atom. The number of esters is 1. The van der Waals surface area contributed by atoms with Crippen molar-refractivity contribution >= 4 is 17.7 Å².